The monoisotopic (exact) mass is 196 g/mol. The van der Waals surface area contributed by atoms with Gasteiger partial charge in [-0.25, -0.2) is 4.79 Å². The van der Waals surface area contributed by atoms with Gasteiger partial charge in [-0.2, -0.15) is 0 Å². The van der Waals surface area contributed by atoms with E-state index in [-0.39, 0.29) is 11.1 Å². The SMILES string of the molecule is COC(=O)c1cc(=O)cc(CCN)[nH]1. The fourth-order valence-corrected chi connectivity index (χ4v) is 1.11. The fraction of sp³-hybridized carbons (Fsp3) is 0.333. The highest BCUT2D eigenvalue weighted by Gasteiger charge is 2.07. The van der Waals surface area contributed by atoms with Crippen molar-refractivity contribution in [3.05, 3.63) is 33.7 Å². The zero-order valence-corrected chi connectivity index (χ0v) is 7.87. The van der Waals surface area contributed by atoms with Gasteiger partial charge in [0, 0.05) is 17.8 Å². The van der Waals surface area contributed by atoms with E-state index in [9.17, 15) is 9.59 Å². The van der Waals surface area contributed by atoms with Gasteiger partial charge in [-0.05, 0) is 13.0 Å². The maximum absolute atomic E-state index is 11.1. The number of carbonyl (C=O) groups excluding carboxylic acids is 1. The molecule has 0 amide bonds. The predicted molar refractivity (Wildman–Crippen MR) is 51.2 cm³/mol. The van der Waals surface area contributed by atoms with Gasteiger partial charge in [-0.1, -0.05) is 0 Å². The van der Waals surface area contributed by atoms with Crippen LogP contribution < -0.4 is 11.2 Å². The highest BCUT2D eigenvalue weighted by molar-refractivity contribution is 5.87. The van der Waals surface area contributed by atoms with Crippen molar-refractivity contribution >= 4 is 5.97 Å². The molecule has 1 heterocycles. The summed E-state index contributed by atoms with van der Waals surface area (Å²) in [5.74, 6) is -0.555. The molecule has 1 aromatic heterocycles. The standard InChI is InChI=1S/C9H12N2O3/c1-14-9(13)8-5-7(12)4-6(11-8)2-3-10/h4-5H,2-3,10H2,1H3,(H,11,12). The lowest BCUT2D eigenvalue weighted by molar-refractivity contribution is 0.0593. The van der Waals surface area contributed by atoms with E-state index in [1.807, 2.05) is 0 Å². The van der Waals surface area contributed by atoms with E-state index < -0.39 is 5.97 Å². The molecule has 0 bridgehead atoms. The molecule has 1 aromatic rings. The molecule has 14 heavy (non-hydrogen) atoms. The Labute approximate surface area is 80.9 Å². The van der Waals surface area contributed by atoms with Crippen LogP contribution in [0.15, 0.2) is 16.9 Å². The van der Waals surface area contributed by atoms with Gasteiger partial charge in [-0.15, -0.1) is 0 Å². The van der Waals surface area contributed by atoms with Gasteiger partial charge in [0.1, 0.15) is 5.69 Å². The summed E-state index contributed by atoms with van der Waals surface area (Å²) < 4.78 is 4.48. The number of H-pyrrole nitrogens is 1. The molecule has 3 N–H and O–H groups in total. The van der Waals surface area contributed by atoms with Crippen molar-refractivity contribution in [2.45, 2.75) is 6.42 Å². The maximum atomic E-state index is 11.1. The quantitative estimate of drug-likeness (QED) is 0.648. The zero-order valence-electron chi connectivity index (χ0n) is 7.87. The van der Waals surface area contributed by atoms with Crippen molar-refractivity contribution in [1.82, 2.24) is 4.98 Å². The first-order chi connectivity index (χ1) is 6.67. The summed E-state index contributed by atoms with van der Waals surface area (Å²) in [6, 6.07) is 2.62. The third kappa shape index (κ3) is 2.43. The summed E-state index contributed by atoms with van der Waals surface area (Å²) in [7, 11) is 1.26. The normalized spacial score (nSPS) is 9.86. The van der Waals surface area contributed by atoms with Crippen molar-refractivity contribution in [2.75, 3.05) is 13.7 Å². The molecule has 0 aliphatic rings. The molecule has 0 aliphatic carbocycles. The maximum Gasteiger partial charge on any atom is 0.354 e. The number of aromatic nitrogens is 1. The lowest BCUT2D eigenvalue weighted by Crippen LogP contribution is -2.14. The number of pyridine rings is 1. The minimum absolute atomic E-state index is 0.156. The zero-order chi connectivity index (χ0) is 10.6. The molecule has 0 saturated heterocycles. The van der Waals surface area contributed by atoms with Crippen molar-refractivity contribution in [3.63, 3.8) is 0 Å². The number of esters is 1. The van der Waals surface area contributed by atoms with Gasteiger partial charge in [-0.3, -0.25) is 4.79 Å². The van der Waals surface area contributed by atoms with Crippen LogP contribution in [0.25, 0.3) is 0 Å². The molecule has 0 spiro atoms. The molecular weight excluding hydrogens is 184 g/mol. The van der Waals surface area contributed by atoms with Crippen LogP contribution in [-0.2, 0) is 11.2 Å². The molecular formula is C9H12N2O3. The predicted octanol–water partition coefficient (Wildman–Crippen LogP) is -0.337. The molecule has 76 valence electrons. The smallest absolute Gasteiger partial charge is 0.354 e. The molecule has 1 rings (SSSR count). The summed E-state index contributed by atoms with van der Waals surface area (Å²) in [5.41, 5.74) is 5.90. The number of aromatic amines is 1. The van der Waals surface area contributed by atoms with E-state index >= 15 is 0 Å². The molecule has 0 aromatic carbocycles. The molecule has 0 aliphatic heterocycles. The number of ether oxygens (including phenoxy) is 1. The number of hydrogen-bond donors (Lipinski definition) is 2. The van der Waals surface area contributed by atoms with E-state index in [0.29, 0.717) is 18.7 Å². The minimum atomic E-state index is -0.555. The third-order valence-corrected chi connectivity index (χ3v) is 1.72. The van der Waals surface area contributed by atoms with Crippen LogP contribution in [0.1, 0.15) is 16.2 Å². The largest absolute Gasteiger partial charge is 0.464 e. The first-order valence-corrected chi connectivity index (χ1v) is 4.19. The van der Waals surface area contributed by atoms with Crippen molar-refractivity contribution in [3.8, 4) is 0 Å². The lowest BCUT2D eigenvalue weighted by atomic mass is 10.2. The Kier molecular flexibility index (Phi) is 3.41. The average Bonchev–Trinajstić information content (AvgIpc) is 2.16. The summed E-state index contributed by atoms with van der Waals surface area (Å²) in [6.07, 6.45) is 0.528. The van der Waals surface area contributed by atoms with Gasteiger partial charge in [0.15, 0.2) is 5.43 Å². The van der Waals surface area contributed by atoms with E-state index in [0.717, 1.165) is 0 Å². The van der Waals surface area contributed by atoms with Crippen LogP contribution in [0.3, 0.4) is 0 Å². The number of carbonyl (C=O) groups is 1. The van der Waals surface area contributed by atoms with E-state index in [4.69, 9.17) is 5.73 Å². The highest BCUT2D eigenvalue weighted by atomic mass is 16.5. The molecule has 5 heteroatoms. The Balaban J connectivity index is 3.07. The van der Waals surface area contributed by atoms with Crippen LogP contribution in [0.2, 0.25) is 0 Å². The minimum Gasteiger partial charge on any atom is -0.464 e. The third-order valence-electron chi connectivity index (χ3n) is 1.72. The Morgan fingerprint density at radius 2 is 2.29 bits per heavy atom. The Morgan fingerprint density at radius 3 is 2.86 bits per heavy atom. The summed E-state index contributed by atoms with van der Waals surface area (Å²) in [5, 5.41) is 0. The second-order valence-electron chi connectivity index (χ2n) is 2.79. The van der Waals surface area contributed by atoms with E-state index in [2.05, 4.69) is 9.72 Å². The number of nitrogens with one attached hydrogen (secondary N) is 1. The highest BCUT2D eigenvalue weighted by Crippen LogP contribution is 1.97. The topological polar surface area (TPSA) is 85.2 Å². The van der Waals surface area contributed by atoms with Crippen LogP contribution in [-0.4, -0.2) is 24.6 Å². The number of hydrogen-bond acceptors (Lipinski definition) is 4. The number of rotatable bonds is 3. The first kappa shape index (κ1) is 10.5. The van der Waals surface area contributed by atoms with Crippen molar-refractivity contribution in [2.24, 2.45) is 5.73 Å². The molecule has 0 atom stereocenters. The number of methoxy groups -OCH3 is 1. The van der Waals surface area contributed by atoms with Gasteiger partial charge in [0.2, 0.25) is 0 Å². The van der Waals surface area contributed by atoms with Gasteiger partial charge >= 0.3 is 5.97 Å². The Morgan fingerprint density at radius 1 is 1.57 bits per heavy atom. The van der Waals surface area contributed by atoms with Gasteiger partial charge in [0.05, 0.1) is 7.11 Å². The summed E-state index contributed by atoms with van der Waals surface area (Å²) >= 11 is 0. The van der Waals surface area contributed by atoms with E-state index in [1.165, 1.54) is 19.2 Å². The van der Waals surface area contributed by atoms with Crippen LogP contribution in [0.5, 0.6) is 0 Å². The summed E-state index contributed by atoms with van der Waals surface area (Å²) in [4.78, 5) is 25.0. The van der Waals surface area contributed by atoms with Crippen molar-refractivity contribution < 1.29 is 9.53 Å². The second kappa shape index (κ2) is 4.57. The molecule has 0 fully saturated rings. The van der Waals surface area contributed by atoms with E-state index in [1.54, 1.807) is 0 Å². The molecule has 5 nitrogen and oxygen atoms in total. The molecule has 0 radical (unpaired) electrons. The molecule has 0 unspecified atom stereocenters. The van der Waals surface area contributed by atoms with Gasteiger partial charge in [0.25, 0.3) is 0 Å². The number of nitrogens with two attached hydrogens (primary N) is 1. The Bertz CT molecular complexity index is 384. The van der Waals surface area contributed by atoms with Crippen molar-refractivity contribution in [1.29, 1.82) is 0 Å². The van der Waals surface area contributed by atoms with Crippen LogP contribution in [0.4, 0.5) is 0 Å². The fourth-order valence-electron chi connectivity index (χ4n) is 1.11. The van der Waals surface area contributed by atoms with Crippen LogP contribution in [0, 0.1) is 0 Å². The lowest BCUT2D eigenvalue weighted by Gasteiger charge is -2.02. The Hall–Kier alpha value is -1.62. The second-order valence-corrected chi connectivity index (χ2v) is 2.79. The average molecular weight is 196 g/mol. The van der Waals surface area contributed by atoms with Gasteiger partial charge < -0.3 is 15.5 Å². The summed E-state index contributed by atoms with van der Waals surface area (Å²) in [6.45, 7) is 0.417. The first-order valence-electron chi connectivity index (χ1n) is 4.19. The molecule has 0 saturated carbocycles. The van der Waals surface area contributed by atoms with Crippen LogP contribution >= 0.6 is 0 Å².